The minimum Gasteiger partial charge on any atom is -0.197 e. The van der Waals surface area contributed by atoms with Crippen LogP contribution >= 0.6 is 11.8 Å². The van der Waals surface area contributed by atoms with Gasteiger partial charge in [-0.25, -0.2) is 0 Å². The Hall–Kier alpha value is -0.160. The topological polar surface area (TPSA) is 23.8 Å². The third kappa shape index (κ3) is 3.23. The van der Waals surface area contributed by atoms with E-state index in [1.54, 1.807) is 0 Å². The Morgan fingerprint density at radius 1 is 1.54 bits per heavy atom. The number of nitriles is 1. The molecule has 0 aromatic carbocycles. The van der Waals surface area contributed by atoms with Crippen molar-refractivity contribution in [2.24, 2.45) is 5.92 Å². The summed E-state index contributed by atoms with van der Waals surface area (Å²) in [5, 5.41) is 9.11. The highest BCUT2D eigenvalue weighted by atomic mass is 32.2. The van der Waals surface area contributed by atoms with Gasteiger partial charge < -0.3 is 0 Å². The van der Waals surface area contributed by atoms with Crippen LogP contribution < -0.4 is 0 Å². The summed E-state index contributed by atoms with van der Waals surface area (Å²) in [5.74, 6) is 1.97. The number of hydrogen-bond acceptors (Lipinski definition) is 2. The average molecular weight is 197 g/mol. The zero-order chi connectivity index (χ0) is 9.73. The Balaban J connectivity index is 2.29. The van der Waals surface area contributed by atoms with Crippen molar-refractivity contribution in [1.82, 2.24) is 0 Å². The summed E-state index contributed by atoms with van der Waals surface area (Å²) in [4.78, 5) is 0. The molecule has 0 N–H and O–H groups in total. The summed E-state index contributed by atoms with van der Waals surface area (Å²) in [6.45, 7) is 4.50. The van der Waals surface area contributed by atoms with E-state index in [4.69, 9.17) is 5.26 Å². The molecule has 0 aromatic rings. The van der Waals surface area contributed by atoms with Crippen LogP contribution in [0.4, 0.5) is 0 Å². The molecule has 0 spiro atoms. The molecule has 0 radical (unpaired) electrons. The highest BCUT2D eigenvalue weighted by molar-refractivity contribution is 8.01. The molecule has 1 saturated heterocycles. The Kier molecular flexibility index (Phi) is 4.12. The third-order valence-corrected chi connectivity index (χ3v) is 4.21. The van der Waals surface area contributed by atoms with Crippen LogP contribution in [-0.2, 0) is 0 Å². The van der Waals surface area contributed by atoms with Crippen LogP contribution in [0.15, 0.2) is 0 Å². The van der Waals surface area contributed by atoms with Gasteiger partial charge in [0.05, 0.1) is 6.07 Å². The molecule has 13 heavy (non-hydrogen) atoms. The zero-order valence-electron chi connectivity index (χ0n) is 8.68. The summed E-state index contributed by atoms with van der Waals surface area (Å²) in [5.41, 5.74) is 0. The predicted octanol–water partition coefficient (Wildman–Crippen LogP) is 3.60. The smallest absolute Gasteiger partial charge is 0.102 e. The molecule has 1 atom stereocenters. The van der Waals surface area contributed by atoms with Gasteiger partial charge in [-0.1, -0.05) is 26.7 Å². The molecule has 74 valence electrons. The number of hydrogen-bond donors (Lipinski definition) is 0. The van der Waals surface area contributed by atoms with Crippen molar-refractivity contribution in [3.63, 3.8) is 0 Å². The first-order valence-corrected chi connectivity index (χ1v) is 6.22. The molecule has 1 heterocycles. The minimum absolute atomic E-state index is 0.00507. The number of nitrogens with zero attached hydrogens (tertiary/aromatic N) is 1. The lowest BCUT2D eigenvalue weighted by atomic mass is 9.95. The van der Waals surface area contributed by atoms with Gasteiger partial charge in [0, 0.05) is 0 Å². The van der Waals surface area contributed by atoms with E-state index in [0.29, 0.717) is 0 Å². The second-order valence-corrected chi connectivity index (χ2v) is 5.82. The summed E-state index contributed by atoms with van der Waals surface area (Å²) in [7, 11) is 0. The highest BCUT2D eigenvalue weighted by Gasteiger charge is 2.33. The van der Waals surface area contributed by atoms with Crippen LogP contribution in [0, 0.1) is 17.2 Å². The highest BCUT2D eigenvalue weighted by Crippen LogP contribution is 2.41. The van der Waals surface area contributed by atoms with E-state index in [2.05, 4.69) is 19.9 Å². The molecule has 2 heteroatoms. The molecule has 1 rings (SSSR count). The van der Waals surface area contributed by atoms with Gasteiger partial charge in [-0.3, -0.25) is 0 Å². The summed E-state index contributed by atoms with van der Waals surface area (Å²) < 4.78 is -0.00507. The Bertz CT molecular complexity index is 187. The SMILES string of the molecule is CC(C)CCCC1(C#N)CCCS1. The molecular weight excluding hydrogens is 178 g/mol. The quantitative estimate of drug-likeness (QED) is 0.687. The van der Waals surface area contributed by atoms with Crippen molar-refractivity contribution in [2.75, 3.05) is 5.75 Å². The monoisotopic (exact) mass is 197 g/mol. The molecular formula is C11H19NS. The first-order chi connectivity index (χ1) is 6.18. The van der Waals surface area contributed by atoms with Gasteiger partial charge in [0.25, 0.3) is 0 Å². The number of thioether (sulfide) groups is 1. The Morgan fingerprint density at radius 2 is 2.31 bits per heavy atom. The van der Waals surface area contributed by atoms with Crippen LogP contribution in [0.3, 0.4) is 0 Å². The van der Waals surface area contributed by atoms with E-state index in [1.807, 2.05) is 11.8 Å². The molecule has 0 amide bonds. The maximum absolute atomic E-state index is 9.11. The maximum Gasteiger partial charge on any atom is 0.102 e. The minimum atomic E-state index is -0.00507. The second-order valence-electron chi connectivity index (χ2n) is 4.34. The first kappa shape index (κ1) is 10.9. The van der Waals surface area contributed by atoms with Crippen molar-refractivity contribution in [2.45, 2.75) is 50.7 Å². The Labute approximate surface area is 85.9 Å². The molecule has 1 aliphatic heterocycles. The van der Waals surface area contributed by atoms with Gasteiger partial charge in [0.2, 0.25) is 0 Å². The summed E-state index contributed by atoms with van der Waals surface area (Å²) in [6, 6.07) is 2.51. The van der Waals surface area contributed by atoms with E-state index in [-0.39, 0.29) is 4.75 Å². The molecule has 0 aromatic heterocycles. The van der Waals surface area contributed by atoms with Crippen molar-refractivity contribution in [1.29, 1.82) is 5.26 Å². The second kappa shape index (κ2) is 4.91. The standard InChI is InChI=1S/C11H19NS/c1-10(2)5-3-6-11(9-12)7-4-8-13-11/h10H,3-8H2,1-2H3. The van der Waals surface area contributed by atoms with Crippen LogP contribution in [0.25, 0.3) is 0 Å². The normalized spacial score (nSPS) is 27.8. The lowest BCUT2D eigenvalue weighted by Crippen LogP contribution is -2.18. The Morgan fingerprint density at radius 3 is 2.77 bits per heavy atom. The average Bonchev–Trinajstić information content (AvgIpc) is 2.53. The van der Waals surface area contributed by atoms with Crippen molar-refractivity contribution in [3.8, 4) is 6.07 Å². The fourth-order valence-corrected chi connectivity index (χ4v) is 3.16. The lowest BCUT2D eigenvalue weighted by Gasteiger charge is -2.19. The molecule has 0 saturated carbocycles. The van der Waals surface area contributed by atoms with Gasteiger partial charge >= 0.3 is 0 Å². The van der Waals surface area contributed by atoms with Crippen molar-refractivity contribution in [3.05, 3.63) is 0 Å². The van der Waals surface area contributed by atoms with Gasteiger partial charge in [0.15, 0.2) is 0 Å². The molecule has 1 aliphatic rings. The zero-order valence-corrected chi connectivity index (χ0v) is 9.49. The van der Waals surface area contributed by atoms with E-state index in [0.717, 1.165) is 18.8 Å². The van der Waals surface area contributed by atoms with E-state index in [1.165, 1.54) is 25.0 Å². The van der Waals surface area contributed by atoms with Crippen molar-refractivity contribution >= 4 is 11.8 Å². The van der Waals surface area contributed by atoms with E-state index in [9.17, 15) is 0 Å². The van der Waals surface area contributed by atoms with E-state index >= 15 is 0 Å². The van der Waals surface area contributed by atoms with Gasteiger partial charge in [-0.05, 0) is 30.9 Å². The van der Waals surface area contributed by atoms with Gasteiger partial charge in [-0.2, -0.15) is 5.26 Å². The fraction of sp³-hybridized carbons (Fsp3) is 0.909. The molecule has 0 aliphatic carbocycles. The molecule has 0 bridgehead atoms. The largest absolute Gasteiger partial charge is 0.197 e. The van der Waals surface area contributed by atoms with Crippen LogP contribution in [0.5, 0.6) is 0 Å². The third-order valence-electron chi connectivity index (χ3n) is 2.67. The number of rotatable bonds is 4. The first-order valence-electron chi connectivity index (χ1n) is 5.24. The fourth-order valence-electron chi connectivity index (χ4n) is 1.83. The molecule has 1 fully saturated rings. The van der Waals surface area contributed by atoms with Crippen LogP contribution in [0.1, 0.15) is 46.0 Å². The lowest BCUT2D eigenvalue weighted by molar-refractivity contribution is 0.501. The van der Waals surface area contributed by atoms with Gasteiger partial charge in [0.1, 0.15) is 4.75 Å². The van der Waals surface area contributed by atoms with Gasteiger partial charge in [-0.15, -0.1) is 11.8 Å². The van der Waals surface area contributed by atoms with E-state index < -0.39 is 0 Å². The molecule has 1 nitrogen and oxygen atoms in total. The summed E-state index contributed by atoms with van der Waals surface area (Å²) >= 11 is 1.88. The predicted molar refractivity (Wildman–Crippen MR) is 58.7 cm³/mol. The maximum atomic E-state index is 9.11. The summed E-state index contributed by atoms with van der Waals surface area (Å²) in [6.07, 6.45) is 5.95. The molecule has 1 unspecified atom stereocenters. The van der Waals surface area contributed by atoms with Crippen LogP contribution in [0.2, 0.25) is 0 Å². The van der Waals surface area contributed by atoms with Crippen molar-refractivity contribution < 1.29 is 0 Å². The van der Waals surface area contributed by atoms with Crippen LogP contribution in [-0.4, -0.2) is 10.5 Å².